The second kappa shape index (κ2) is 5.95. The van der Waals surface area contributed by atoms with Crippen molar-refractivity contribution in [3.05, 3.63) is 39.9 Å². The van der Waals surface area contributed by atoms with E-state index in [2.05, 4.69) is 5.32 Å². The molecule has 3 N–H and O–H groups in total. The molecule has 0 aliphatic carbocycles. The number of hydrogen-bond acceptors (Lipinski definition) is 4. The Kier molecular flexibility index (Phi) is 4.59. The second-order valence-electron chi connectivity index (χ2n) is 3.84. The molecule has 6 nitrogen and oxygen atoms in total. The van der Waals surface area contributed by atoms with Gasteiger partial charge in [0, 0.05) is 24.2 Å². The lowest BCUT2D eigenvalue weighted by Gasteiger charge is -2.07. The lowest BCUT2D eigenvalue weighted by Crippen LogP contribution is -2.36. The second-order valence-corrected chi connectivity index (χ2v) is 3.84. The van der Waals surface area contributed by atoms with Gasteiger partial charge >= 0.3 is 0 Å². The van der Waals surface area contributed by atoms with E-state index in [1.165, 1.54) is 6.07 Å². The Morgan fingerprint density at radius 2 is 2.18 bits per heavy atom. The summed E-state index contributed by atoms with van der Waals surface area (Å²) in [4.78, 5) is 21.7. The molecular formula is C11H15N3O3. The number of carbonyl (C=O) groups is 1. The molecule has 1 atom stereocenters. The molecule has 1 aromatic carbocycles. The minimum absolute atomic E-state index is 0.0100. The first kappa shape index (κ1) is 13.1. The number of nitro groups is 1. The van der Waals surface area contributed by atoms with Crippen LogP contribution in [-0.4, -0.2) is 23.4 Å². The summed E-state index contributed by atoms with van der Waals surface area (Å²) in [5.41, 5.74) is 5.85. The maximum absolute atomic E-state index is 11.5. The third-order valence-electron chi connectivity index (χ3n) is 2.16. The smallest absolute Gasteiger partial charge is 0.273 e. The Bertz CT molecular complexity index is 418. The highest BCUT2D eigenvalue weighted by atomic mass is 16.6. The van der Waals surface area contributed by atoms with Crippen LogP contribution in [0.1, 0.15) is 12.5 Å². The van der Waals surface area contributed by atoms with Crippen molar-refractivity contribution in [2.45, 2.75) is 19.4 Å². The predicted molar refractivity (Wildman–Crippen MR) is 63.5 cm³/mol. The van der Waals surface area contributed by atoms with Gasteiger partial charge in [-0.2, -0.15) is 0 Å². The molecule has 1 amide bonds. The van der Waals surface area contributed by atoms with E-state index < -0.39 is 4.92 Å². The number of nitrogens with one attached hydrogen (secondary N) is 1. The fraction of sp³-hybridized carbons (Fsp3) is 0.364. The quantitative estimate of drug-likeness (QED) is 0.578. The van der Waals surface area contributed by atoms with Gasteiger partial charge in [0.05, 0.1) is 11.3 Å². The number of rotatable bonds is 5. The zero-order chi connectivity index (χ0) is 12.8. The average molecular weight is 237 g/mol. The van der Waals surface area contributed by atoms with E-state index in [0.29, 0.717) is 12.1 Å². The van der Waals surface area contributed by atoms with E-state index in [4.69, 9.17) is 5.73 Å². The van der Waals surface area contributed by atoms with E-state index in [0.717, 1.165) is 0 Å². The van der Waals surface area contributed by atoms with Crippen molar-refractivity contribution in [3.8, 4) is 0 Å². The topological polar surface area (TPSA) is 98.3 Å². The minimum Gasteiger partial charge on any atom is -0.354 e. The van der Waals surface area contributed by atoms with Crippen LogP contribution in [0.15, 0.2) is 24.3 Å². The first-order valence-corrected chi connectivity index (χ1v) is 5.25. The van der Waals surface area contributed by atoms with Crippen molar-refractivity contribution in [2.75, 3.05) is 6.54 Å². The highest BCUT2D eigenvalue weighted by Crippen LogP contribution is 2.17. The van der Waals surface area contributed by atoms with Crippen molar-refractivity contribution >= 4 is 11.6 Å². The zero-order valence-corrected chi connectivity index (χ0v) is 9.55. The van der Waals surface area contributed by atoms with Gasteiger partial charge in [-0.1, -0.05) is 18.2 Å². The van der Waals surface area contributed by atoms with E-state index >= 15 is 0 Å². The fourth-order valence-electron chi connectivity index (χ4n) is 1.35. The number of hydrogen-bond donors (Lipinski definition) is 2. The molecule has 0 aliphatic rings. The van der Waals surface area contributed by atoms with Crippen LogP contribution in [0.5, 0.6) is 0 Å². The van der Waals surface area contributed by atoms with Crippen LogP contribution < -0.4 is 11.1 Å². The van der Waals surface area contributed by atoms with Crippen LogP contribution >= 0.6 is 0 Å². The highest BCUT2D eigenvalue weighted by Gasteiger charge is 2.15. The average Bonchev–Trinajstić information content (AvgIpc) is 2.27. The molecule has 92 valence electrons. The summed E-state index contributed by atoms with van der Waals surface area (Å²) in [5, 5.41) is 13.3. The molecule has 0 saturated carbocycles. The molecule has 17 heavy (non-hydrogen) atoms. The van der Waals surface area contributed by atoms with Crippen molar-refractivity contribution < 1.29 is 9.72 Å². The van der Waals surface area contributed by atoms with E-state index in [9.17, 15) is 14.9 Å². The van der Waals surface area contributed by atoms with E-state index in [1.54, 1.807) is 25.1 Å². The molecule has 0 heterocycles. The third kappa shape index (κ3) is 4.20. The third-order valence-corrected chi connectivity index (χ3v) is 2.16. The van der Waals surface area contributed by atoms with Gasteiger partial charge in [-0.3, -0.25) is 14.9 Å². The van der Waals surface area contributed by atoms with Gasteiger partial charge in [0.15, 0.2) is 0 Å². The van der Waals surface area contributed by atoms with Gasteiger partial charge in [-0.25, -0.2) is 0 Å². The maximum atomic E-state index is 11.5. The van der Waals surface area contributed by atoms with Crippen LogP contribution in [0.2, 0.25) is 0 Å². The molecule has 0 radical (unpaired) electrons. The first-order valence-electron chi connectivity index (χ1n) is 5.25. The van der Waals surface area contributed by atoms with E-state index in [1.807, 2.05) is 0 Å². The van der Waals surface area contributed by atoms with Gasteiger partial charge in [0.25, 0.3) is 5.69 Å². The summed E-state index contributed by atoms with van der Waals surface area (Å²) in [7, 11) is 0. The Morgan fingerprint density at radius 1 is 1.53 bits per heavy atom. The molecule has 0 bridgehead atoms. The molecule has 0 aromatic heterocycles. The molecule has 0 fully saturated rings. The van der Waals surface area contributed by atoms with Gasteiger partial charge in [0.1, 0.15) is 0 Å². The summed E-state index contributed by atoms with van der Waals surface area (Å²) in [5.74, 6) is -0.267. The van der Waals surface area contributed by atoms with Gasteiger partial charge in [0.2, 0.25) is 5.91 Å². The number of nitrogens with two attached hydrogens (primary N) is 1. The molecule has 6 heteroatoms. The molecule has 0 spiro atoms. The van der Waals surface area contributed by atoms with Gasteiger partial charge < -0.3 is 11.1 Å². The Labute approximate surface area is 99.0 Å². The van der Waals surface area contributed by atoms with E-state index in [-0.39, 0.29) is 24.1 Å². The molecule has 1 unspecified atom stereocenters. The minimum atomic E-state index is -0.492. The summed E-state index contributed by atoms with van der Waals surface area (Å²) < 4.78 is 0. The van der Waals surface area contributed by atoms with Gasteiger partial charge in [-0.15, -0.1) is 0 Å². The van der Waals surface area contributed by atoms with Gasteiger partial charge in [-0.05, 0) is 6.92 Å². The Balaban J connectivity index is 2.68. The van der Waals surface area contributed by atoms with Crippen molar-refractivity contribution in [1.29, 1.82) is 0 Å². The van der Waals surface area contributed by atoms with Crippen molar-refractivity contribution in [3.63, 3.8) is 0 Å². The van der Waals surface area contributed by atoms with Crippen molar-refractivity contribution in [1.82, 2.24) is 5.32 Å². The van der Waals surface area contributed by atoms with Crippen LogP contribution in [0.3, 0.4) is 0 Å². The monoisotopic (exact) mass is 237 g/mol. The zero-order valence-electron chi connectivity index (χ0n) is 9.55. The van der Waals surface area contributed by atoms with Crippen LogP contribution in [0.4, 0.5) is 5.69 Å². The molecule has 0 saturated heterocycles. The van der Waals surface area contributed by atoms with Crippen molar-refractivity contribution in [2.24, 2.45) is 5.73 Å². The summed E-state index contributed by atoms with van der Waals surface area (Å²) in [6.45, 7) is 2.13. The van der Waals surface area contributed by atoms with Crippen LogP contribution in [0.25, 0.3) is 0 Å². The lowest BCUT2D eigenvalue weighted by molar-refractivity contribution is -0.385. The summed E-state index contributed by atoms with van der Waals surface area (Å²) >= 11 is 0. The normalized spacial score (nSPS) is 11.9. The van der Waals surface area contributed by atoms with Crippen LogP contribution in [0, 0.1) is 10.1 Å². The lowest BCUT2D eigenvalue weighted by atomic mass is 10.1. The molecular weight excluding hydrogens is 222 g/mol. The number of carbonyl (C=O) groups excluding carboxylic acids is 1. The number of nitrogens with zero attached hydrogens (tertiary/aromatic N) is 1. The number of amides is 1. The number of nitro benzene ring substituents is 1. The maximum Gasteiger partial charge on any atom is 0.273 e. The number of para-hydroxylation sites is 1. The summed E-state index contributed by atoms with van der Waals surface area (Å²) in [6.07, 6.45) is -0.0100. The fourth-order valence-corrected chi connectivity index (χ4v) is 1.35. The molecule has 0 aliphatic heterocycles. The predicted octanol–water partition coefficient (Wildman–Crippen LogP) is 0.601. The number of benzene rings is 1. The molecule has 1 rings (SSSR count). The Hall–Kier alpha value is -1.95. The molecule has 1 aromatic rings. The Morgan fingerprint density at radius 3 is 2.76 bits per heavy atom. The standard InChI is InChI=1S/C11H15N3O3/c1-8(12)7-13-11(15)6-9-4-2-3-5-10(9)14(16)17/h2-5,8H,6-7,12H2,1H3,(H,13,15). The largest absolute Gasteiger partial charge is 0.354 e. The van der Waals surface area contributed by atoms with Crippen LogP contribution in [-0.2, 0) is 11.2 Å². The summed E-state index contributed by atoms with van der Waals surface area (Å²) in [6, 6.07) is 6.06. The first-order chi connectivity index (χ1) is 8.00. The highest BCUT2D eigenvalue weighted by molar-refractivity contribution is 5.79. The SMILES string of the molecule is CC(N)CNC(=O)Cc1ccccc1[N+](=O)[O-].